The minimum Gasteiger partial charge on any atom is -0.327 e. The predicted octanol–water partition coefficient (Wildman–Crippen LogP) is 2.00. The van der Waals surface area contributed by atoms with Crippen LogP contribution in [0.3, 0.4) is 0 Å². The Labute approximate surface area is 71.7 Å². The Morgan fingerprint density at radius 3 is 2.42 bits per heavy atom. The van der Waals surface area contributed by atoms with Gasteiger partial charge in [-0.1, -0.05) is 36.9 Å². The Morgan fingerprint density at radius 1 is 1.42 bits per heavy atom. The van der Waals surface area contributed by atoms with Crippen molar-refractivity contribution in [3.05, 3.63) is 48.6 Å². The third-order valence-electron chi connectivity index (χ3n) is 1.87. The summed E-state index contributed by atoms with van der Waals surface area (Å²) in [7, 11) is 0. The van der Waals surface area contributed by atoms with Crippen LogP contribution in [0.4, 0.5) is 4.39 Å². The molecule has 1 nitrogen and oxygen atoms in total. The zero-order chi connectivity index (χ0) is 9.03. The second-order valence-electron chi connectivity index (χ2n) is 2.64. The lowest BCUT2D eigenvalue weighted by atomic mass is 9.96. The molecule has 0 spiro atoms. The molecule has 0 aliphatic rings. The van der Waals surface area contributed by atoms with Crippen molar-refractivity contribution in [1.29, 1.82) is 0 Å². The highest BCUT2D eigenvalue weighted by Crippen LogP contribution is 2.25. The summed E-state index contributed by atoms with van der Waals surface area (Å²) in [6.07, 6.45) is 1.24. The summed E-state index contributed by atoms with van der Waals surface area (Å²) in [6, 6.07) is 8.80. The molecule has 0 heterocycles. The summed E-state index contributed by atoms with van der Waals surface area (Å²) in [5.74, 6) is 0. The van der Waals surface area contributed by atoms with Crippen LogP contribution in [-0.2, 0) is 5.67 Å². The number of hydrogen-bond donors (Lipinski definition) is 1. The first-order chi connectivity index (χ1) is 5.73. The monoisotopic (exact) mass is 165 g/mol. The van der Waals surface area contributed by atoms with Crippen molar-refractivity contribution in [3.63, 3.8) is 0 Å². The third kappa shape index (κ3) is 1.53. The van der Waals surface area contributed by atoms with E-state index in [-0.39, 0.29) is 6.54 Å². The molecule has 0 bridgehead atoms. The molecule has 1 atom stereocenters. The van der Waals surface area contributed by atoms with E-state index in [1.807, 2.05) is 6.07 Å². The fraction of sp³-hybridized carbons (Fsp3) is 0.200. The van der Waals surface area contributed by atoms with Crippen molar-refractivity contribution >= 4 is 0 Å². The Kier molecular flexibility index (Phi) is 2.61. The van der Waals surface area contributed by atoms with Gasteiger partial charge in [-0.3, -0.25) is 0 Å². The summed E-state index contributed by atoms with van der Waals surface area (Å²) < 4.78 is 13.7. The van der Waals surface area contributed by atoms with Crippen LogP contribution >= 0.6 is 0 Å². The van der Waals surface area contributed by atoms with Gasteiger partial charge in [0.1, 0.15) is 0 Å². The van der Waals surface area contributed by atoms with Gasteiger partial charge in [-0.2, -0.15) is 0 Å². The molecule has 2 N–H and O–H groups in total. The van der Waals surface area contributed by atoms with Gasteiger partial charge in [-0.05, 0) is 11.6 Å². The molecule has 1 aromatic carbocycles. The molecular formula is C10H12FN. The fourth-order valence-corrected chi connectivity index (χ4v) is 1.03. The lowest BCUT2D eigenvalue weighted by Crippen LogP contribution is -2.27. The molecule has 0 radical (unpaired) electrons. The number of halogens is 1. The summed E-state index contributed by atoms with van der Waals surface area (Å²) in [6.45, 7) is 3.36. The van der Waals surface area contributed by atoms with E-state index in [0.717, 1.165) is 0 Å². The number of rotatable bonds is 3. The summed E-state index contributed by atoms with van der Waals surface area (Å²) >= 11 is 0. The molecule has 0 aromatic heterocycles. The summed E-state index contributed by atoms with van der Waals surface area (Å²) in [5.41, 5.74) is 4.28. The van der Waals surface area contributed by atoms with Crippen LogP contribution in [0.1, 0.15) is 5.56 Å². The van der Waals surface area contributed by atoms with Crippen molar-refractivity contribution in [1.82, 2.24) is 0 Å². The number of alkyl halides is 1. The van der Waals surface area contributed by atoms with Crippen LogP contribution in [0.25, 0.3) is 0 Å². The molecule has 64 valence electrons. The minimum atomic E-state index is -1.58. The molecule has 0 fully saturated rings. The van der Waals surface area contributed by atoms with Crippen LogP contribution in [0.15, 0.2) is 43.0 Å². The highest BCUT2D eigenvalue weighted by atomic mass is 19.1. The van der Waals surface area contributed by atoms with Gasteiger partial charge in [0.15, 0.2) is 5.67 Å². The molecule has 1 rings (SSSR count). The van der Waals surface area contributed by atoms with E-state index in [1.54, 1.807) is 24.3 Å². The van der Waals surface area contributed by atoms with E-state index >= 15 is 0 Å². The van der Waals surface area contributed by atoms with Gasteiger partial charge in [0.2, 0.25) is 0 Å². The standard InChI is InChI=1S/C10H12FN/c1-2-10(11,8-12)9-6-4-3-5-7-9/h2-7H,1,8,12H2. The van der Waals surface area contributed by atoms with Crippen LogP contribution < -0.4 is 5.73 Å². The molecule has 0 aliphatic heterocycles. The van der Waals surface area contributed by atoms with E-state index in [1.165, 1.54) is 6.08 Å². The largest absolute Gasteiger partial charge is 0.327 e. The Bertz CT molecular complexity index is 258. The normalized spacial score (nSPS) is 15.2. The zero-order valence-electron chi connectivity index (χ0n) is 6.83. The lowest BCUT2D eigenvalue weighted by molar-refractivity contribution is 0.245. The van der Waals surface area contributed by atoms with Crippen LogP contribution in [0, 0.1) is 0 Å². The van der Waals surface area contributed by atoms with Gasteiger partial charge in [0.05, 0.1) is 0 Å². The van der Waals surface area contributed by atoms with Gasteiger partial charge in [0.25, 0.3) is 0 Å². The second kappa shape index (κ2) is 3.50. The van der Waals surface area contributed by atoms with Crippen molar-refractivity contribution in [2.75, 3.05) is 6.54 Å². The maximum absolute atomic E-state index is 13.7. The lowest BCUT2D eigenvalue weighted by Gasteiger charge is -2.19. The molecule has 0 aliphatic carbocycles. The van der Waals surface area contributed by atoms with Gasteiger partial charge in [-0.15, -0.1) is 0 Å². The Hall–Kier alpha value is -1.15. The molecule has 0 saturated carbocycles. The topological polar surface area (TPSA) is 26.0 Å². The molecular weight excluding hydrogens is 153 g/mol. The van der Waals surface area contributed by atoms with Gasteiger partial charge in [0, 0.05) is 6.54 Å². The molecule has 1 unspecified atom stereocenters. The number of hydrogen-bond acceptors (Lipinski definition) is 1. The molecule has 1 aromatic rings. The van der Waals surface area contributed by atoms with E-state index in [4.69, 9.17) is 5.73 Å². The highest BCUT2D eigenvalue weighted by Gasteiger charge is 2.25. The van der Waals surface area contributed by atoms with Crippen LogP contribution in [-0.4, -0.2) is 6.54 Å². The minimum absolute atomic E-state index is 0.0689. The van der Waals surface area contributed by atoms with E-state index < -0.39 is 5.67 Å². The van der Waals surface area contributed by atoms with Gasteiger partial charge in [-0.25, -0.2) is 4.39 Å². The fourth-order valence-electron chi connectivity index (χ4n) is 1.03. The number of benzene rings is 1. The average molecular weight is 165 g/mol. The summed E-state index contributed by atoms with van der Waals surface area (Å²) in [5, 5.41) is 0. The quantitative estimate of drug-likeness (QED) is 0.681. The van der Waals surface area contributed by atoms with Crippen LogP contribution in [0.2, 0.25) is 0 Å². The number of nitrogens with two attached hydrogens (primary N) is 1. The SMILES string of the molecule is C=CC(F)(CN)c1ccccc1. The van der Waals surface area contributed by atoms with Crippen molar-refractivity contribution in [2.45, 2.75) is 5.67 Å². The molecule has 0 saturated heterocycles. The second-order valence-corrected chi connectivity index (χ2v) is 2.64. The zero-order valence-corrected chi connectivity index (χ0v) is 6.83. The predicted molar refractivity (Wildman–Crippen MR) is 48.5 cm³/mol. The maximum atomic E-state index is 13.7. The third-order valence-corrected chi connectivity index (χ3v) is 1.87. The Morgan fingerprint density at radius 2 is 2.00 bits per heavy atom. The molecule has 12 heavy (non-hydrogen) atoms. The molecule has 0 amide bonds. The van der Waals surface area contributed by atoms with Gasteiger partial charge >= 0.3 is 0 Å². The molecule has 2 heteroatoms. The highest BCUT2D eigenvalue weighted by molar-refractivity contribution is 5.27. The van der Waals surface area contributed by atoms with Gasteiger partial charge < -0.3 is 5.73 Å². The Balaban J connectivity index is 3.03. The van der Waals surface area contributed by atoms with Crippen molar-refractivity contribution in [2.24, 2.45) is 5.73 Å². The first-order valence-corrected chi connectivity index (χ1v) is 3.81. The van der Waals surface area contributed by atoms with E-state index in [2.05, 4.69) is 6.58 Å². The summed E-state index contributed by atoms with van der Waals surface area (Å²) in [4.78, 5) is 0. The van der Waals surface area contributed by atoms with Crippen LogP contribution in [0.5, 0.6) is 0 Å². The van der Waals surface area contributed by atoms with Crippen molar-refractivity contribution < 1.29 is 4.39 Å². The first-order valence-electron chi connectivity index (χ1n) is 3.81. The van der Waals surface area contributed by atoms with E-state index in [9.17, 15) is 4.39 Å². The average Bonchev–Trinajstić information content (AvgIpc) is 2.18. The smallest absolute Gasteiger partial charge is 0.166 e. The maximum Gasteiger partial charge on any atom is 0.166 e. The van der Waals surface area contributed by atoms with Crippen molar-refractivity contribution in [3.8, 4) is 0 Å². The van der Waals surface area contributed by atoms with E-state index in [0.29, 0.717) is 5.56 Å². The first kappa shape index (κ1) is 8.94.